The van der Waals surface area contributed by atoms with Crippen molar-refractivity contribution in [1.82, 2.24) is 10.2 Å². The Morgan fingerprint density at radius 2 is 2.17 bits per heavy atom. The number of nitrogens with zero attached hydrogens (tertiary/aromatic N) is 1. The molecule has 2 amide bonds. The van der Waals surface area contributed by atoms with Crippen molar-refractivity contribution in [2.24, 2.45) is 0 Å². The summed E-state index contributed by atoms with van der Waals surface area (Å²) in [5.41, 5.74) is 0. The van der Waals surface area contributed by atoms with Crippen LogP contribution in [0, 0.1) is 0 Å². The molecule has 1 heterocycles. The first-order chi connectivity index (χ1) is 8.47. The van der Waals surface area contributed by atoms with E-state index in [1.54, 1.807) is 6.92 Å². The zero-order valence-corrected chi connectivity index (χ0v) is 10.5. The van der Waals surface area contributed by atoms with E-state index in [2.05, 4.69) is 5.32 Å². The van der Waals surface area contributed by atoms with Gasteiger partial charge in [0.25, 0.3) is 0 Å². The normalized spacial score (nSPS) is 20.3. The van der Waals surface area contributed by atoms with Gasteiger partial charge in [0, 0.05) is 6.54 Å². The Labute approximate surface area is 105 Å². The third kappa shape index (κ3) is 3.35. The summed E-state index contributed by atoms with van der Waals surface area (Å²) in [4.78, 5) is 35.3. The first-order valence-electron chi connectivity index (χ1n) is 5.94. The minimum Gasteiger partial charge on any atom is -0.480 e. The van der Waals surface area contributed by atoms with Gasteiger partial charge in [-0.05, 0) is 26.7 Å². The summed E-state index contributed by atoms with van der Waals surface area (Å²) >= 11 is 0. The molecule has 102 valence electrons. The number of hydrogen-bond donors (Lipinski definition) is 2. The van der Waals surface area contributed by atoms with E-state index < -0.39 is 30.1 Å². The molecular weight excluding hydrogens is 240 g/mol. The van der Waals surface area contributed by atoms with E-state index in [0.717, 1.165) is 0 Å². The van der Waals surface area contributed by atoms with Crippen LogP contribution in [0.1, 0.15) is 26.7 Å². The molecule has 1 fully saturated rings. The zero-order valence-electron chi connectivity index (χ0n) is 10.5. The Hall–Kier alpha value is -1.79. The SMILES string of the molecule is CCOC(=O)C(C)NC(=O)N1CCCC1C(=O)O. The fourth-order valence-corrected chi connectivity index (χ4v) is 1.86. The highest BCUT2D eigenvalue weighted by Crippen LogP contribution is 2.17. The van der Waals surface area contributed by atoms with Crippen molar-refractivity contribution in [1.29, 1.82) is 0 Å². The summed E-state index contributed by atoms with van der Waals surface area (Å²) in [5, 5.41) is 11.4. The summed E-state index contributed by atoms with van der Waals surface area (Å²) in [5.74, 6) is -1.55. The maximum atomic E-state index is 11.8. The largest absolute Gasteiger partial charge is 0.480 e. The molecule has 0 radical (unpaired) electrons. The van der Waals surface area contributed by atoms with Gasteiger partial charge in [-0.25, -0.2) is 14.4 Å². The number of rotatable bonds is 4. The fraction of sp³-hybridized carbons (Fsp3) is 0.727. The van der Waals surface area contributed by atoms with Gasteiger partial charge in [0.1, 0.15) is 12.1 Å². The highest BCUT2D eigenvalue weighted by atomic mass is 16.5. The smallest absolute Gasteiger partial charge is 0.328 e. The molecule has 18 heavy (non-hydrogen) atoms. The van der Waals surface area contributed by atoms with E-state index in [9.17, 15) is 14.4 Å². The molecule has 1 saturated heterocycles. The second-order valence-corrected chi connectivity index (χ2v) is 4.11. The quantitative estimate of drug-likeness (QED) is 0.702. The van der Waals surface area contributed by atoms with Crippen molar-refractivity contribution in [3.8, 4) is 0 Å². The van der Waals surface area contributed by atoms with E-state index in [1.807, 2.05) is 0 Å². The Kier molecular flexibility index (Phi) is 4.94. The average molecular weight is 258 g/mol. The minimum absolute atomic E-state index is 0.237. The summed E-state index contributed by atoms with van der Waals surface area (Å²) in [6, 6.07) is -2.13. The molecule has 7 nitrogen and oxygen atoms in total. The van der Waals surface area contributed by atoms with Gasteiger partial charge in [-0.15, -0.1) is 0 Å². The number of amides is 2. The van der Waals surface area contributed by atoms with E-state index >= 15 is 0 Å². The number of carbonyl (C=O) groups is 3. The van der Waals surface area contributed by atoms with Gasteiger partial charge >= 0.3 is 18.0 Å². The van der Waals surface area contributed by atoms with Crippen LogP contribution in [0.25, 0.3) is 0 Å². The van der Waals surface area contributed by atoms with Crippen LogP contribution < -0.4 is 5.32 Å². The summed E-state index contributed by atoms with van der Waals surface area (Å²) < 4.78 is 4.75. The zero-order chi connectivity index (χ0) is 13.7. The van der Waals surface area contributed by atoms with E-state index in [0.29, 0.717) is 19.4 Å². The Bertz CT molecular complexity index is 344. The number of aliphatic carboxylic acids is 1. The molecule has 1 rings (SSSR count). The number of carboxylic acids is 1. The maximum Gasteiger partial charge on any atom is 0.328 e. The Morgan fingerprint density at radius 3 is 2.72 bits per heavy atom. The minimum atomic E-state index is -1.02. The summed E-state index contributed by atoms with van der Waals surface area (Å²) in [7, 11) is 0. The number of hydrogen-bond acceptors (Lipinski definition) is 4. The number of esters is 1. The van der Waals surface area contributed by atoms with Crippen molar-refractivity contribution in [3.05, 3.63) is 0 Å². The molecular formula is C11H18N2O5. The number of urea groups is 1. The highest BCUT2D eigenvalue weighted by Gasteiger charge is 2.34. The van der Waals surface area contributed by atoms with Crippen LogP contribution in [0.4, 0.5) is 4.79 Å². The number of ether oxygens (including phenoxy) is 1. The Balaban J connectivity index is 2.54. The van der Waals surface area contributed by atoms with Crippen LogP contribution in [0.15, 0.2) is 0 Å². The standard InChI is InChI=1S/C11H18N2O5/c1-3-18-10(16)7(2)12-11(17)13-6-4-5-8(13)9(14)15/h7-8H,3-6H2,1-2H3,(H,12,17)(H,14,15). The molecule has 0 aliphatic carbocycles. The highest BCUT2D eigenvalue weighted by molar-refractivity contribution is 5.86. The van der Waals surface area contributed by atoms with E-state index in [-0.39, 0.29) is 6.61 Å². The number of likely N-dealkylation sites (tertiary alicyclic amines) is 1. The molecule has 0 spiro atoms. The molecule has 1 aliphatic rings. The Morgan fingerprint density at radius 1 is 1.50 bits per heavy atom. The van der Waals surface area contributed by atoms with Gasteiger partial charge in [0.15, 0.2) is 0 Å². The van der Waals surface area contributed by atoms with Gasteiger partial charge in [0.2, 0.25) is 0 Å². The van der Waals surface area contributed by atoms with Gasteiger partial charge in [-0.3, -0.25) is 0 Å². The predicted octanol–water partition coefficient (Wildman–Crippen LogP) is 0.197. The predicted molar refractivity (Wildman–Crippen MR) is 62.0 cm³/mol. The summed E-state index contributed by atoms with van der Waals surface area (Å²) in [6.07, 6.45) is 1.09. The van der Waals surface area contributed by atoms with Crippen LogP contribution >= 0.6 is 0 Å². The molecule has 7 heteroatoms. The molecule has 1 aliphatic heterocycles. The van der Waals surface area contributed by atoms with Crippen molar-refractivity contribution in [2.45, 2.75) is 38.8 Å². The molecule has 2 unspecified atom stereocenters. The van der Waals surface area contributed by atoms with Crippen molar-refractivity contribution in [2.75, 3.05) is 13.2 Å². The van der Waals surface area contributed by atoms with Gasteiger partial charge in [-0.2, -0.15) is 0 Å². The summed E-state index contributed by atoms with van der Waals surface area (Å²) in [6.45, 7) is 3.80. The molecule has 0 aromatic rings. The van der Waals surface area contributed by atoms with Crippen molar-refractivity contribution < 1.29 is 24.2 Å². The van der Waals surface area contributed by atoms with E-state index in [4.69, 9.17) is 9.84 Å². The maximum absolute atomic E-state index is 11.8. The fourth-order valence-electron chi connectivity index (χ4n) is 1.86. The monoisotopic (exact) mass is 258 g/mol. The molecule has 0 saturated carbocycles. The van der Waals surface area contributed by atoms with Gasteiger partial charge in [-0.1, -0.05) is 0 Å². The lowest BCUT2D eigenvalue weighted by molar-refractivity contribution is -0.144. The van der Waals surface area contributed by atoms with Gasteiger partial charge < -0.3 is 20.1 Å². The van der Waals surface area contributed by atoms with Crippen LogP contribution in [-0.2, 0) is 14.3 Å². The van der Waals surface area contributed by atoms with Crippen LogP contribution in [0.5, 0.6) is 0 Å². The molecule has 0 aromatic heterocycles. The average Bonchev–Trinajstić information content (AvgIpc) is 2.78. The number of carbonyl (C=O) groups excluding carboxylic acids is 2. The van der Waals surface area contributed by atoms with Crippen LogP contribution in [0.3, 0.4) is 0 Å². The topological polar surface area (TPSA) is 95.9 Å². The molecule has 0 aromatic carbocycles. The molecule has 0 bridgehead atoms. The number of carboxylic acid groups (broad SMARTS) is 1. The molecule has 2 atom stereocenters. The first-order valence-corrected chi connectivity index (χ1v) is 5.94. The second kappa shape index (κ2) is 6.23. The third-order valence-electron chi connectivity index (χ3n) is 2.78. The van der Waals surface area contributed by atoms with Crippen LogP contribution in [-0.4, -0.2) is 53.2 Å². The third-order valence-corrected chi connectivity index (χ3v) is 2.78. The lowest BCUT2D eigenvalue weighted by Gasteiger charge is -2.23. The lowest BCUT2D eigenvalue weighted by Crippen LogP contribution is -2.50. The van der Waals surface area contributed by atoms with Gasteiger partial charge in [0.05, 0.1) is 6.61 Å². The first kappa shape index (κ1) is 14.3. The van der Waals surface area contributed by atoms with Crippen molar-refractivity contribution >= 4 is 18.0 Å². The lowest BCUT2D eigenvalue weighted by atomic mass is 10.2. The number of nitrogens with one attached hydrogen (secondary N) is 1. The van der Waals surface area contributed by atoms with Crippen molar-refractivity contribution in [3.63, 3.8) is 0 Å². The second-order valence-electron chi connectivity index (χ2n) is 4.11. The van der Waals surface area contributed by atoms with E-state index in [1.165, 1.54) is 11.8 Å². The molecule has 2 N–H and O–H groups in total. The van der Waals surface area contributed by atoms with Crippen LogP contribution in [0.2, 0.25) is 0 Å².